The molecule has 0 aromatic carbocycles. The van der Waals surface area contributed by atoms with Crippen molar-refractivity contribution in [1.29, 1.82) is 0 Å². The number of carbonyl (C=O) groups excluding carboxylic acids is 1. The van der Waals surface area contributed by atoms with Gasteiger partial charge in [0.2, 0.25) is 0 Å². The fourth-order valence-electron chi connectivity index (χ4n) is 1.66. The number of rotatable bonds is 3. The summed E-state index contributed by atoms with van der Waals surface area (Å²) in [6.07, 6.45) is 5.47. The van der Waals surface area contributed by atoms with Crippen molar-refractivity contribution in [1.82, 2.24) is 0 Å². The maximum absolute atomic E-state index is 10.6. The molecule has 0 spiro atoms. The van der Waals surface area contributed by atoms with Gasteiger partial charge in [0.15, 0.2) is 0 Å². The molecule has 0 saturated heterocycles. The van der Waals surface area contributed by atoms with Crippen molar-refractivity contribution in [2.45, 2.75) is 25.7 Å². The molecule has 10 heavy (non-hydrogen) atoms. The van der Waals surface area contributed by atoms with Crippen LogP contribution in [0.15, 0.2) is 0 Å². The number of hydrogen-bond donors (Lipinski definition) is 0. The van der Waals surface area contributed by atoms with Crippen LogP contribution in [0.2, 0.25) is 0 Å². The van der Waals surface area contributed by atoms with Gasteiger partial charge in [-0.15, -0.1) is 0 Å². The van der Waals surface area contributed by atoms with Crippen LogP contribution in [0.4, 0.5) is 0 Å². The maximum atomic E-state index is 10.6. The lowest BCUT2D eigenvalue weighted by Crippen LogP contribution is -2.24. The molecular formula is C8H14O2. The first-order valence-corrected chi connectivity index (χ1v) is 3.78. The quantitative estimate of drug-likeness (QED) is 0.557. The average molecular weight is 142 g/mol. The van der Waals surface area contributed by atoms with E-state index >= 15 is 0 Å². The molecule has 2 heteroatoms. The summed E-state index contributed by atoms with van der Waals surface area (Å²) in [6.45, 7) is 0.608. The van der Waals surface area contributed by atoms with E-state index in [0.717, 1.165) is 19.1 Å². The number of methoxy groups -OCH3 is 1. The number of aldehydes is 1. The van der Waals surface area contributed by atoms with Gasteiger partial charge in [0.05, 0.1) is 6.61 Å². The van der Waals surface area contributed by atoms with Gasteiger partial charge in [0, 0.05) is 12.5 Å². The van der Waals surface area contributed by atoms with E-state index in [-0.39, 0.29) is 5.41 Å². The molecule has 0 heterocycles. The molecule has 1 saturated carbocycles. The van der Waals surface area contributed by atoms with Crippen molar-refractivity contribution >= 4 is 6.29 Å². The Bertz CT molecular complexity index is 114. The molecule has 0 amide bonds. The average Bonchev–Trinajstić information content (AvgIpc) is 2.39. The summed E-state index contributed by atoms with van der Waals surface area (Å²) in [5.74, 6) is 0. The Balaban J connectivity index is 2.49. The summed E-state index contributed by atoms with van der Waals surface area (Å²) in [5.41, 5.74) is -0.116. The van der Waals surface area contributed by atoms with E-state index in [1.54, 1.807) is 7.11 Å². The molecule has 0 aromatic rings. The van der Waals surface area contributed by atoms with Crippen LogP contribution in [0.25, 0.3) is 0 Å². The third-order valence-electron chi connectivity index (χ3n) is 2.28. The lowest BCUT2D eigenvalue weighted by atomic mass is 9.89. The van der Waals surface area contributed by atoms with E-state index in [1.165, 1.54) is 12.8 Å². The summed E-state index contributed by atoms with van der Waals surface area (Å²) < 4.78 is 4.99. The second-order valence-corrected chi connectivity index (χ2v) is 3.12. The maximum Gasteiger partial charge on any atom is 0.128 e. The van der Waals surface area contributed by atoms with Crippen LogP contribution in [-0.2, 0) is 9.53 Å². The lowest BCUT2D eigenvalue weighted by Gasteiger charge is -2.19. The highest BCUT2D eigenvalue weighted by molar-refractivity contribution is 5.60. The monoisotopic (exact) mass is 142 g/mol. The highest BCUT2D eigenvalue weighted by Crippen LogP contribution is 2.35. The van der Waals surface area contributed by atoms with Gasteiger partial charge in [-0.05, 0) is 12.8 Å². The van der Waals surface area contributed by atoms with E-state index < -0.39 is 0 Å². The summed E-state index contributed by atoms with van der Waals surface area (Å²) in [5, 5.41) is 0. The summed E-state index contributed by atoms with van der Waals surface area (Å²) in [6, 6.07) is 0. The van der Waals surface area contributed by atoms with E-state index in [9.17, 15) is 4.79 Å². The smallest absolute Gasteiger partial charge is 0.128 e. The zero-order valence-electron chi connectivity index (χ0n) is 6.43. The molecule has 0 aliphatic heterocycles. The summed E-state index contributed by atoms with van der Waals surface area (Å²) in [4.78, 5) is 10.6. The molecule has 1 aliphatic carbocycles. The SMILES string of the molecule is COCC1(C=O)CCCC1. The molecule has 2 nitrogen and oxygen atoms in total. The van der Waals surface area contributed by atoms with Crippen LogP contribution in [0.5, 0.6) is 0 Å². The van der Waals surface area contributed by atoms with E-state index in [1.807, 2.05) is 0 Å². The number of hydrogen-bond acceptors (Lipinski definition) is 2. The Labute approximate surface area is 61.6 Å². The van der Waals surface area contributed by atoms with Gasteiger partial charge in [0.25, 0.3) is 0 Å². The zero-order chi connectivity index (χ0) is 7.45. The van der Waals surface area contributed by atoms with Gasteiger partial charge in [-0.2, -0.15) is 0 Å². The highest BCUT2D eigenvalue weighted by Gasteiger charge is 2.33. The molecule has 1 fully saturated rings. The lowest BCUT2D eigenvalue weighted by molar-refractivity contribution is -0.118. The van der Waals surface area contributed by atoms with Gasteiger partial charge >= 0.3 is 0 Å². The van der Waals surface area contributed by atoms with Gasteiger partial charge in [-0.3, -0.25) is 0 Å². The Morgan fingerprint density at radius 3 is 2.50 bits per heavy atom. The van der Waals surface area contributed by atoms with Crippen molar-refractivity contribution in [3.63, 3.8) is 0 Å². The zero-order valence-corrected chi connectivity index (χ0v) is 6.43. The first kappa shape index (κ1) is 7.73. The molecule has 0 unspecified atom stereocenters. The predicted octanol–water partition coefficient (Wildman–Crippen LogP) is 1.39. The minimum atomic E-state index is -0.116. The minimum Gasteiger partial charge on any atom is -0.384 e. The van der Waals surface area contributed by atoms with Crippen LogP contribution in [0.1, 0.15) is 25.7 Å². The van der Waals surface area contributed by atoms with Crippen LogP contribution in [0.3, 0.4) is 0 Å². The number of carbonyl (C=O) groups is 1. The third-order valence-corrected chi connectivity index (χ3v) is 2.28. The fraction of sp³-hybridized carbons (Fsp3) is 0.875. The van der Waals surface area contributed by atoms with Gasteiger partial charge in [-0.1, -0.05) is 12.8 Å². The molecular weight excluding hydrogens is 128 g/mol. The van der Waals surface area contributed by atoms with Gasteiger partial charge < -0.3 is 9.53 Å². The molecule has 0 radical (unpaired) electrons. The van der Waals surface area contributed by atoms with Crippen molar-refractivity contribution in [3.05, 3.63) is 0 Å². The molecule has 0 N–H and O–H groups in total. The van der Waals surface area contributed by atoms with Crippen molar-refractivity contribution in [2.24, 2.45) is 5.41 Å². The molecule has 1 aliphatic rings. The molecule has 0 atom stereocenters. The molecule has 58 valence electrons. The van der Waals surface area contributed by atoms with Gasteiger partial charge in [0.1, 0.15) is 6.29 Å². The van der Waals surface area contributed by atoms with Crippen LogP contribution >= 0.6 is 0 Å². The van der Waals surface area contributed by atoms with Crippen LogP contribution in [0, 0.1) is 5.41 Å². The van der Waals surface area contributed by atoms with Crippen LogP contribution < -0.4 is 0 Å². The Morgan fingerprint density at radius 1 is 1.50 bits per heavy atom. The minimum absolute atomic E-state index is 0.116. The van der Waals surface area contributed by atoms with Gasteiger partial charge in [-0.25, -0.2) is 0 Å². The molecule has 1 rings (SSSR count). The Morgan fingerprint density at radius 2 is 2.10 bits per heavy atom. The fourth-order valence-corrected chi connectivity index (χ4v) is 1.66. The number of ether oxygens (including phenoxy) is 1. The largest absolute Gasteiger partial charge is 0.384 e. The topological polar surface area (TPSA) is 26.3 Å². The first-order valence-electron chi connectivity index (χ1n) is 3.78. The van der Waals surface area contributed by atoms with E-state index in [2.05, 4.69) is 0 Å². The Hall–Kier alpha value is -0.370. The van der Waals surface area contributed by atoms with E-state index in [4.69, 9.17) is 4.74 Å². The highest BCUT2D eigenvalue weighted by atomic mass is 16.5. The van der Waals surface area contributed by atoms with Crippen molar-refractivity contribution < 1.29 is 9.53 Å². The Kier molecular flexibility index (Phi) is 2.44. The first-order chi connectivity index (χ1) is 4.83. The second-order valence-electron chi connectivity index (χ2n) is 3.12. The van der Waals surface area contributed by atoms with Crippen molar-refractivity contribution in [3.8, 4) is 0 Å². The van der Waals surface area contributed by atoms with Crippen LogP contribution in [-0.4, -0.2) is 20.0 Å². The third kappa shape index (κ3) is 1.37. The normalized spacial score (nSPS) is 22.9. The second kappa shape index (κ2) is 3.15. The van der Waals surface area contributed by atoms with E-state index in [0.29, 0.717) is 6.61 Å². The predicted molar refractivity (Wildman–Crippen MR) is 38.8 cm³/mol. The molecule has 0 aromatic heterocycles. The summed E-state index contributed by atoms with van der Waals surface area (Å²) >= 11 is 0. The summed E-state index contributed by atoms with van der Waals surface area (Å²) in [7, 11) is 1.66. The standard InChI is InChI=1S/C8H14O2/c1-10-7-8(6-9)4-2-3-5-8/h6H,2-5,7H2,1H3. The molecule has 0 bridgehead atoms. The van der Waals surface area contributed by atoms with Crippen molar-refractivity contribution in [2.75, 3.05) is 13.7 Å².